The summed E-state index contributed by atoms with van der Waals surface area (Å²) in [6, 6.07) is 7.17. The first-order valence-electron chi connectivity index (χ1n) is 17.8. The van der Waals surface area contributed by atoms with E-state index >= 15 is 0 Å². The highest BCUT2D eigenvalue weighted by molar-refractivity contribution is 7.82. The molecule has 12 nitrogen and oxygen atoms in total. The standard InChI is InChI=1S/C37H45F2N7O5S/c1-22-9-10-26(29(36(4,5)35(47)48)25-11-16-46-31(24(25)3)42-43-32(46)30(38)39)40-27(22)20-45-21-37(12-13-37)51-34-28(52(45)49)19-23(2)33(41-34)50-18-17-44-14-7-6-8-15-44/h9-11,16,19,29-30H,6-8,12-15,17-18,20-21H2,1-5H3,(H,47,48). The molecule has 0 radical (unpaired) electrons. The molecule has 52 heavy (non-hydrogen) atoms. The van der Waals surface area contributed by atoms with Crippen molar-refractivity contribution in [1.29, 1.82) is 0 Å². The Morgan fingerprint density at radius 1 is 1.08 bits per heavy atom. The van der Waals surface area contributed by atoms with Crippen LogP contribution in [0.1, 0.15) is 97.8 Å². The second kappa shape index (κ2) is 14.0. The second-order valence-electron chi connectivity index (χ2n) is 14.9. The van der Waals surface area contributed by atoms with Gasteiger partial charge in [-0.3, -0.25) is 19.1 Å². The van der Waals surface area contributed by atoms with Gasteiger partial charge in [0.15, 0.2) is 5.65 Å². The maximum absolute atomic E-state index is 14.4. The number of likely N-dealkylation sites (tertiary alicyclic amines) is 1. The van der Waals surface area contributed by atoms with Crippen LogP contribution in [0.15, 0.2) is 35.4 Å². The number of hydrogen-bond donors (Lipinski definition) is 1. The van der Waals surface area contributed by atoms with Crippen LogP contribution in [0.3, 0.4) is 0 Å². The molecular formula is C37H45F2N7O5S. The normalized spacial score (nSPS) is 19.7. The first-order valence-corrected chi connectivity index (χ1v) is 18.9. The van der Waals surface area contributed by atoms with Crippen molar-refractivity contribution >= 4 is 22.6 Å². The van der Waals surface area contributed by atoms with E-state index in [0.717, 1.165) is 43.6 Å². The molecule has 1 saturated heterocycles. The fourth-order valence-corrected chi connectivity index (χ4v) is 8.70. The number of pyridine rings is 3. The Bertz CT molecular complexity index is 2030. The van der Waals surface area contributed by atoms with Gasteiger partial charge in [0.1, 0.15) is 28.1 Å². The number of ether oxygens (including phenoxy) is 2. The molecule has 1 spiro atoms. The summed E-state index contributed by atoms with van der Waals surface area (Å²) in [5, 5.41) is 18.1. The van der Waals surface area contributed by atoms with E-state index in [0.29, 0.717) is 52.3 Å². The van der Waals surface area contributed by atoms with Gasteiger partial charge in [-0.25, -0.2) is 17.3 Å². The highest BCUT2D eigenvalue weighted by Crippen LogP contribution is 2.47. The number of aliphatic carboxylic acids is 1. The van der Waals surface area contributed by atoms with E-state index in [9.17, 15) is 22.9 Å². The quantitative estimate of drug-likeness (QED) is 0.197. The van der Waals surface area contributed by atoms with Gasteiger partial charge in [-0.05, 0) is 108 Å². The third-order valence-corrected chi connectivity index (χ3v) is 12.1. The maximum atomic E-state index is 14.4. The monoisotopic (exact) mass is 737 g/mol. The molecule has 4 aromatic rings. The molecule has 15 heteroatoms. The van der Waals surface area contributed by atoms with Gasteiger partial charge >= 0.3 is 5.97 Å². The van der Waals surface area contributed by atoms with Crippen LogP contribution in [-0.2, 0) is 22.3 Å². The van der Waals surface area contributed by atoms with Crippen LogP contribution in [0.25, 0.3) is 5.65 Å². The van der Waals surface area contributed by atoms with E-state index in [1.54, 1.807) is 32.9 Å². The van der Waals surface area contributed by atoms with Crippen molar-refractivity contribution in [1.82, 2.24) is 33.8 Å². The number of piperidine rings is 1. The van der Waals surface area contributed by atoms with Crippen molar-refractivity contribution in [3.05, 3.63) is 69.9 Å². The van der Waals surface area contributed by atoms with Crippen LogP contribution in [-0.4, -0.2) is 87.4 Å². The Hall–Kier alpha value is -4.08. The summed E-state index contributed by atoms with van der Waals surface area (Å²) in [6.07, 6.45) is 3.90. The number of fused-ring (bicyclic) bond motifs is 2. The van der Waals surface area contributed by atoms with Crippen molar-refractivity contribution in [2.24, 2.45) is 5.41 Å². The number of carboxylic acid groups (broad SMARTS) is 1. The molecule has 0 bridgehead atoms. The Balaban J connectivity index is 1.19. The highest BCUT2D eigenvalue weighted by atomic mass is 32.2. The van der Waals surface area contributed by atoms with Crippen molar-refractivity contribution in [2.45, 2.75) is 96.1 Å². The molecule has 1 saturated carbocycles. The molecule has 3 aliphatic rings. The highest BCUT2D eigenvalue weighted by Gasteiger charge is 2.51. The maximum Gasteiger partial charge on any atom is 0.310 e. The number of hydrogen-bond acceptors (Lipinski definition) is 9. The number of rotatable bonds is 11. The molecule has 1 aliphatic carbocycles. The lowest BCUT2D eigenvalue weighted by Gasteiger charge is -2.32. The largest absolute Gasteiger partial charge is 0.481 e. The molecule has 2 fully saturated rings. The number of carboxylic acids is 1. The summed E-state index contributed by atoms with van der Waals surface area (Å²) in [5.74, 6) is -1.51. The van der Waals surface area contributed by atoms with E-state index in [-0.39, 0.29) is 12.2 Å². The number of halogens is 2. The van der Waals surface area contributed by atoms with Gasteiger partial charge in [-0.1, -0.05) is 12.5 Å². The van der Waals surface area contributed by atoms with Gasteiger partial charge in [-0.2, -0.15) is 4.98 Å². The fourth-order valence-electron chi connectivity index (χ4n) is 7.32. The number of aromatic nitrogens is 5. The summed E-state index contributed by atoms with van der Waals surface area (Å²) in [4.78, 5) is 25.5. The first kappa shape index (κ1) is 36.3. The van der Waals surface area contributed by atoms with Crippen LogP contribution in [0.2, 0.25) is 0 Å². The third-order valence-electron chi connectivity index (χ3n) is 10.7. The van der Waals surface area contributed by atoms with Crippen LogP contribution >= 0.6 is 0 Å². The topological polar surface area (TPSA) is 135 Å². The average Bonchev–Trinajstić information content (AvgIpc) is 3.73. The molecule has 1 N–H and O–H groups in total. The molecule has 7 rings (SSSR count). The second-order valence-corrected chi connectivity index (χ2v) is 16.4. The smallest absolute Gasteiger partial charge is 0.310 e. The van der Waals surface area contributed by atoms with E-state index in [1.165, 1.54) is 29.9 Å². The summed E-state index contributed by atoms with van der Waals surface area (Å²) in [5.41, 5.74) is 2.19. The number of aryl methyl sites for hydroxylation is 3. The third kappa shape index (κ3) is 6.90. The molecule has 2 unspecified atom stereocenters. The van der Waals surface area contributed by atoms with Gasteiger partial charge in [0.05, 0.1) is 24.2 Å². The summed E-state index contributed by atoms with van der Waals surface area (Å²) in [7, 11) is -1.64. The number of nitrogens with zero attached hydrogens (tertiary/aromatic N) is 7. The minimum Gasteiger partial charge on any atom is -0.481 e. The predicted molar refractivity (Wildman–Crippen MR) is 189 cm³/mol. The summed E-state index contributed by atoms with van der Waals surface area (Å²) >= 11 is 0. The van der Waals surface area contributed by atoms with Gasteiger partial charge < -0.3 is 14.6 Å². The van der Waals surface area contributed by atoms with Crippen molar-refractivity contribution in [3.63, 3.8) is 0 Å². The van der Waals surface area contributed by atoms with Gasteiger partial charge in [-0.15, -0.1) is 10.2 Å². The lowest BCUT2D eigenvalue weighted by atomic mass is 9.72. The van der Waals surface area contributed by atoms with Crippen LogP contribution in [0.4, 0.5) is 8.78 Å². The Morgan fingerprint density at radius 3 is 2.52 bits per heavy atom. The molecule has 2 atom stereocenters. The molecular weight excluding hydrogens is 693 g/mol. The van der Waals surface area contributed by atoms with Gasteiger partial charge in [0, 0.05) is 29.9 Å². The fraction of sp³-hybridized carbons (Fsp3) is 0.541. The van der Waals surface area contributed by atoms with Gasteiger partial charge in [0.25, 0.3) is 6.43 Å². The minimum atomic E-state index is -2.83. The zero-order valence-electron chi connectivity index (χ0n) is 30.2. The van der Waals surface area contributed by atoms with Crippen LogP contribution < -0.4 is 9.47 Å². The first-order chi connectivity index (χ1) is 24.8. The summed E-state index contributed by atoms with van der Waals surface area (Å²) in [6.45, 7) is 12.9. The lowest BCUT2D eigenvalue weighted by Crippen LogP contribution is -2.36. The van der Waals surface area contributed by atoms with Crippen LogP contribution in [0, 0.1) is 26.2 Å². The average molecular weight is 738 g/mol. The van der Waals surface area contributed by atoms with E-state index in [1.807, 2.05) is 30.3 Å². The number of carbonyl (C=O) groups is 1. The number of alkyl halides is 2. The lowest BCUT2D eigenvalue weighted by molar-refractivity contribution is -0.147. The van der Waals surface area contributed by atoms with E-state index in [4.69, 9.17) is 19.4 Å². The minimum absolute atomic E-state index is 0.212. The van der Waals surface area contributed by atoms with E-state index in [2.05, 4.69) is 15.1 Å². The Kier molecular flexibility index (Phi) is 9.80. The van der Waals surface area contributed by atoms with Crippen LogP contribution in [0.5, 0.6) is 11.8 Å². The zero-order chi connectivity index (χ0) is 36.9. The zero-order valence-corrected chi connectivity index (χ0v) is 31.0. The van der Waals surface area contributed by atoms with E-state index < -0.39 is 46.1 Å². The molecule has 6 heterocycles. The molecule has 278 valence electrons. The SMILES string of the molecule is Cc1ccc(C(c2ccn3c(C(F)F)nnc3c2C)C(C)(C)C(=O)O)nc1CN1CC2(CC2)Oc2nc(OCCN3CCCCC3)c(C)cc2S1=O. The van der Waals surface area contributed by atoms with Crippen molar-refractivity contribution in [3.8, 4) is 11.8 Å². The Labute approximate surface area is 304 Å². The Morgan fingerprint density at radius 2 is 1.83 bits per heavy atom. The van der Waals surface area contributed by atoms with Crippen molar-refractivity contribution in [2.75, 3.05) is 32.8 Å². The molecule has 0 aromatic carbocycles. The molecule has 0 amide bonds. The molecule has 4 aromatic heterocycles. The van der Waals surface area contributed by atoms with Crippen molar-refractivity contribution < 1.29 is 32.4 Å². The van der Waals surface area contributed by atoms with Gasteiger partial charge in [0.2, 0.25) is 17.6 Å². The summed E-state index contributed by atoms with van der Waals surface area (Å²) < 4.78 is 57.3. The molecule has 2 aliphatic heterocycles. The predicted octanol–water partition coefficient (Wildman–Crippen LogP) is 5.94.